The average Bonchev–Trinajstić information content (AvgIpc) is 2.40. The maximum Gasteiger partial charge on any atom is 0.159 e. The van der Waals surface area contributed by atoms with Crippen LogP contribution in [0.3, 0.4) is 0 Å². The number of Topliss-reactive ketones (excluding diaryl/α,β-unsaturated/α-hetero) is 1. The fourth-order valence-electron chi connectivity index (χ4n) is 1.55. The Labute approximate surface area is 111 Å². The lowest BCUT2D eigenvalue weighted by molar-refractivity contribution is 0.101. The molecule has 0 aliphatic carbocycles. The lowest BCUT2D eigenvalue weighted by atomic mass is 10.1. The molecule has 2 rings (SSSR count). The van der Waals surface area contributed by atoms with Crippen LogP contribution in [0.2, 0.25) is 0 Å². The van der Waals surface area contributed by atoms with Gasteiger partial charge in [0.25, 0.3) is 0 Å². The Kier molecular flexibility index (Phi) is 3.90. The van der Waals surface area contributed by atoms with E-state index < -0.39 is 0 Å². The first-order valence-corrected chi connectivity index (χ1v) is 5.95. The maximum atomic E-state index is 11.3. The fraction of sp³-hybridized carbons (Fsp3) is 0.0667. The van der Waals surface area contributed by atoms with Crippen molar-refractivity contribution in [3.05, 3.63) is 65.7 Å². The summed E-state index contributed by atoms with van der Waals surface area (Å²) in [6, 6.07) is 16.6. The standard InChI is InChI=1S/C15H12ClNO/c1-11(18)13-8-5-9-14(10-13)17-15(16)12-6-3-2-4-7-12/h2-10H,1H3. The first-order chi connectivity index (χ1) is 8.66. The van der Waals surface area contributed by atoms with Crippen LogP contribution in [0.4, 0.5) is 5.69 Å². The zero-order valence-corrected chi connectivity index (χ0v) is 10.7. The quantitative estimate of drug-likeness (QED) is 0.598. The monoisotopic (exact) mass is 257 g/mol. The molecule has 18 heavy (non-hydrogen) atoms. The molecule has 90 valence electrons. The molecule has 0 radical (unpaired) electrons. The Morgan fingerprint density at radius 2 is 1.67 bits per heavy atom. The third kappa shape index (κ3) is 3.05. The van der Waals surface area contributed by atoms with Crippen LogP contribution in [0.25, 0.3) is 0 Å². The Morgan fingerprint density at radius 3 is 2.33 bits per heavy atom. The van der Waals surface area contributed by atoms with Gasteiger partial charge in [-0.25, -0.2) is 4.99 Å². The van der Waals surface area contributed by atoms with Crippen molar-refractivity contribution in [1.29, 1.82) is 0 Å². The molecule has 0 N–H and O–H groups in total. The second kappa shape index (κ2) is 5.61. The molecule has 0 spiro atoms. The van der Waals surface area contributed by atoms with Crippen molar-refractivity contribution in [3.8, 4) is 0 Å². The van der Waals surface area contributed by atoms with E-state index in [0.29, 0.717) is 16.4 Å². The lowest BCUT2D eigenvalue weighted by Gasteiger charge is -2.00. The predicted molar refractivity (Wildman–Crippen MR) is 74.9 cm³/mol. The number of carbonyl (C=O) groups is 1. The van der Waals surface area contributed by atoms with Crippen molar-refractivity contribution in [1.82, 2.24) is 0 Å². The molecule has 2 aromatic rings. The molecule has 2 nitrogen and oxygen atoms in total. The van der Waals surface area contributed by atoms with Gasteiger partial charge in [-0.1, -0.05) is 54.1 Å². The number of hydrogen-bond donors (Lipinski definition) is 0. The van der Waals surface area contributed by atoms with Crippen molar-refractivity contribution in [2.24, 2.45) is 4.99 Å². The van der Waals surface area contributed by atoms with Crippen LogP contribution >= 0.6 is 11.6 Å². The molecule has 0 atom stereocenters. The van der Waals surface area contributed by atoms with Crippen molar-refractivity contribution in [2.45, 2.75) is 6.92 Å². The van der Waals surface area contributed by atoms with Gasteiger partial charge >= 0.3 is 0 Å². The molecule has 0 aliphatic heterocycles. The number of carbonyl (C=O) groups excluding carboxylic acids is 1. The summed E-state index contributed by atoms with van der Waals surface area (Å²) in [6.07, 6.45) is 0. The predicted octanol–water partition coefficient (Wildman–Crippen LogP) is 4.21. The van der Waals surface area contributed by atoms with Crippen LogP contribution in [-0.2, 0) is 0 Å². The smallest absolute Gasteiger partial charge is 0.159 e. The third-order valence-electron chi connectivity index (χ3n) is 2.49. The topological polar surface area (TPSA) is 29.4 Å². The summed E-state index contributed by atoms with van der Waals surface area (Å²) in [4.78, 5) is 15.6. The highest BCUT2D eigenvalue weighted by molar-refractivity contribution is 6.69. The number of nitrogens with zero attached hydrogens (tertiary/aromatic N) is 1. The lowest BCUT2D eigenvalue weighted by Crippen LogP contribution is -1.92. The largest absolute Gasteiger partial charge is 0.295 e. The van der Waals surface area contributed by atoms with Gasteiger partial charge in [0.1, 0.15) is 5.17 Å². The summed E-state index contributed by atoms with van der Waals surface area (Å²) < 4.78 is 0. The van der Waals surface area contributed by atoms with E-state index in [1.165, 1.54) is 6.92 Å². The molecule has 3 heteroatoms. The van der Waals surface area contributed by atoms with Gasteiger partial charge in [0.05, 0.1) is 5.69 Å². The number of ketones is 1. The van der Waals surface area contributed by atoms with Crippen LogP contribution in [0.15, 0.2) is 59.6 Å². The van der Waals surface area contributed by atoms with Crippen molar-refractivity contribution < 1.29 is 4.79 Å². The van der Waals surface area contributed by atoms with Crippen LogP contribution in [0.1, 0.15) is 22.8 Å². The molecular weight excluding hydrogens is 246 g/mol. The van der Waals surface area contributed by atoms with E-state index in [1.807, 2.05) is 36.4 Å². The number of aliphatic imine (C=N–C) groups is 1. The zero-order chi connectivity index (χ0) is 13.0. The molecule has 0 amide bonds. The minimum Gasteiger partial charge on any atom is -0.295 e. The minimum absolute atomic E-state index is 0.0166. The van der Waals surface area contributed by atoms with E-state index >= 15 is 0 Å². The second-order valence-corrected chi connectivity index (χ2v) is 4.23. The first-order valence-electron chi connectivity index (χ1n) is 5.57. The third-order valence-corrected chi connectivity index (χ3v) is 2.79. The van der Waals surface area contributed by atoms with Crippen molar-refractivity contribution in [3.63, 3.8) is 0 Å². The molecule has 0 fully saturated rings. The average molecular weight is 258 g/mol. The van der Waals surface area contributed by atoms with Gasteiger partial charge in [-0.05, 0) is 19.1 Å². The van der Waals surface area contributed by atoms with Crippen LogP contribution < -0.4 is 0 Å². The van der Waals surface area contributed by atoms with Gasteiger partial charge < -0.3 is 0 Å². The summed E-state index contributed by atoms with van der Waals surface area (Å²) in [6.45, 7) is 1.53. The molecule has 0 unspecified atom stereocenters. The normalized spacial score (nSPS) is 11.3. The second-order valence-electron chi connectivity index (χ2n) is 3.88. The van der Waals surface area contributed by atoms with Crippen LogP contribution in [-0.4, -0.2) is 11.0 Å². The minimum atomic E-state index is 0.0166. The Balaban J connectivity index is 2.33. The van der Waals surface area contributed by atoms with Crippen LogP contribution in [0, 0.1) is 0 Å². The first kappa shape index (κ1) is 12.5. The highest BCUT2D eigenvalue weighted by atomic mass is 35.5. The Bertz CT molecular complexity index is 590. The summed E-state index contributed by atoms with van der Waals surface area (Å²) in [5, 5.41) is 0.413. The maximum absolute atomic E-state index is 11.3. The van der Waals surface area contributed by atoms with Gasteiger partial charge in [0, 0.05) is 11.1 Å². The summed E-state index contributed by atoms with van der Waals surface area (Å²) in [5.41, 5.74) is 2.16. The Morgan fingerprint density at radius 1 is 1.00 bits per heavy atom. The molecule has 0 heterocycles. The van der Waals surface area contributed by atoms with Gasteiger partial charge in [-0.2, -0.15) is 0 Å². The molecule has 0 saturated carbocycles. The molecule has 2 aromatic carbocycles. The number of rotatable bonds is 3. The highest BCUT2D eigenvalue weighted by Crippen LogP contribution is 2.17. The number of benzene rings is 2. The van der Waals surface area contributed by atoms with Gasteiger partial charge in [-0.3, -0.25) is 4.79 Å². The van der Waals surface area contributed by atoms with Gasteiger partial charge in [0.15, 0.2) is 5.78 Å². The molecule has 0 aliphatic rings. The van der Waals surface area contributed by atoms with E-state index in [1.54, 1.807) is 18.2 Å². The number of hydrogen-bond acceptors (Lipinski definition) is 2. The molecule has 0 aromatic heterocycles. The van der Waals surface area contributed by atoms with Crippen LogP contribution in [0.5, 0.6) is 0 Å². The van der Waals surface area contributed by atoms with E-state index in [9.17, 15) is 4.79 Å². The molecule has 0 bridgehead atoms. The number of halogens is 1. The fourth-order valence-corrected chi connectivity index (χ4v) is 1.77. The molecular formula is C15H12ClNO. The van der Waals surface area contributed by atoms with E-state index in [4.69, 9.17) is 11.6 Å². The summed E-state index contributed by atoms with van der Waals surface area (Å²) >= 11 is 6.14. The summed E-state index contributed by atoms with van der Waals surface area (Å²) in [7, 11) is 0. The van der Waals surface area contributed by atoms with E-state index in [0.717, 1.165) is 5.56 Å². The zero-order valence-electron chi connectivity index (χ0n) is 9.93. The van der Waals surface area contributed by atoms with Gasteiger partial charge in [0.2, 0.25) is 0 Å². The summed E-state index contributed by atoms with van der Waals surface area (Å²) in [5.74, 6) is 0.0166. The Hall–Kier alpha value is -1.93. The highest BCUT2D eigenvalue weighted by Gasteiger charge is 2.02. The van der Waals surface area contributed by atoms with Crippen molar-refractivity contribution >= 4 is 28.2 Å². The van der Waals surface area contributed by atoms with E-state index in [2.05, 4.69) is 4.99 Å². The molecule has 0 saturated heterocycles. The SMILES string of the molecule is CC(=O)c1cccc(N=C(Cl)c2ccccc2)c1. The van der Waals surface area contributed by atoms with E-state index in [-0.39, 0.29) is 5.78 Å². The van der Waals surface area contributed by atoms with Crippen molar-refractivity contribution in [2.75, 3.05) is 0 Å². The van der Waals surface area contributed by atoms with Gasteiger partial charge in [-0.15, -0.1) is 0 Å².